The molecule has 2 aromatic rings. The van der Waals surface area contributed by atoms with Gasteiger partial charge in [0, 0.05) is 18.7 Å². The second-order valence-electron chi connectivity index (χ2n) is 6.81. The number of carbonyl (C=O) groups excluding carboxylic acids is 1. The monoisotopic (exact) mass is 324 g/mol. The number of benzene rings is 2. The first-order valence-electron chi connectivity index (χ1n) is 8.37. The second-order valence-corrected chi connectivity index (χ2v) is 6.81. The molecule has 4 nitrogen and oxygen atoms in total. The Hall–Kier alpha value is -2.49. The molecule has 0 spiro atoms. The van der Waals surface area contributed by atoms with Crippen LogP contribution in [-0.2, 0) is 11.2 Å². The molecule has 1 heterocycles. The summed E-state index contributed by atoms with van der Waals surface area (Å²) in [5, 5.41) is 0. The van der Waals surface area contributed by atoms with Crippen molar-refractivity contribution in [1.82, 2.24) is 0 Å². The number of nitrogen functional groups attached to an aromatic ring is 1. The molecule has 1 unspecified atom stereocenters. The maximum atomic E-state index is 13.0. The van der Waals surface area contributed by atoms with E-state index in [0.29, 0.717) is 24.6 Å². The summed E-state index contributed by atoms with van der Waals surface area (Å²) >= 11 is 0. The number of rotatable bonds is 4. The third-order valence-corrected chi connectivity index (χ3v) is 4.30. The van der Waals surface area contributed by atoms with E-state index in [-0.39, 0.29) is 5.91 Å². The predicted octanol–water partition coefficient (Wildman–Crippen LogP) is 3.57. The molecule has 0 fully saturated rings. The van der Waals surface area contributed by atoms with Gasteiger partial charge in [-0.1, -0.05) is 38.1 Å². The summed E-state index contributed by atoms with van der Waals surface area (Å²) in [6.45, 7) is 6.92. The first kappa shape index (κ1) is 16.4. The lowest BCUT2D eigenvalue weighted by atomic mass is 10.00. The van der Waals surface area contributed by atoms with E-state index in [9.17, 15) is 4.79 Å². The van der Waals surface area contributed by atoms with Crippen LogP contribution in [0.1, 0.15) is 25.0 Å². The molecule has 3 rings (SSSR count). The topological polar surface area (TPSA) is 55.6 Å². The van der Waals surface area contributed by atoms with Gasteiger partial charge in [0.25, 0.3) is 5.91 Å². The molecular formula is C20H24N2O2. The van der Waals surface area contributed by atoms with Gasteiger partial charge in [-0.25, -0.2) is 0 Å². The Bertz CT molecular complexity index is 755. The molecule has 1 aliphatic heterocycles. The van der Waals surface area contributed by atoms with Gasteiger partial charge < -0.3 is 15.4 Å². The summed E-state index contributed by atoms with van der Waals surface area (Å²) in [6.07, 6.45) is 0.0742. The average Bonchev–Trinajstić information content (AvgIpc) is 2.53. The van der Waals surface area contributed by atoms with Crippen LogP contribution in [0.4, 0.5) is 11.4 Å². The number of ether oxygens (including phenoxy) is 1. The third kappa shape index (κ3) is 3.23. The van der Waals surface area contributed by atoms with Gasteiger partial charge in [-0.05, 0) is 42.2 Å². The van der Waals surface area contributed by atoms with Crippen molar-refractivity contribution in [2.45, 2.75) is 33.3 Å². The van der Waals surface area contributed by atoms with Crippen LogP contribution in [-0.4, -0.2) is 18.6 Å². The zero-order valence-corrected chi connectivity index (χ0v) is 14.5. The molecule has 0 radical (unpaired) electrons. The van der Waals surface area contributed by atoms with Gasteiger partial charge in [-0.2, -0.15) is 0 Å². The molecule has 1 amide bonds. The normalized spacial score (nSPS) is 16.9. The van der Waals surface area contributed by atoms with Crippen LogP contribution in [0.15, 0.2) is 42.5 Å². The fraction of sp³-hybridized carbons (Fsp3) is 0.350. The first-order valence-corrected chi connectivity index (χ1v) is 8.37. The van der Waals surface area contributed by atoms with Crippen molar-refractivity contribution in [2.24, 2.45) is 5.92 Å². The standard InChI is InChI=1S/C20H24N2O2/c1-13(2)12-22-17-11-16(21)8-9-18(17)24-19(20(22)23)10-15-7-5-4-6-14(15)3/h4-9,11,13,19H,10,12,21H2,1-3H3. The first-order chi connectivity index (χ1) is 11.5. The zero-order chi connectivity index (χ0) is 17.3. The summed E-state index contributed by atoms with van der Waals surface area (Å²) in [5.74, 6) is 1.09. The lowest BCUT2D eigenvalue weighted by Gasteiger charge is -2.35. The number of fused-ring (bicyclic) bond motifs is 1. The molecule has 24 heavy (non-hydrogen) atoms. The number of amides is 1. The predicted molar refractivity (Wildman–Crippen MR) is 97.3 cm³/mol. The number of nitrogens with zero attached hydrogens (tertiary/aromatic N) is 1. The largest absolute Gasteiger partial charge is 0.478 e. The summed E-state index contributed by atoms with van der Waals surface area (Å²) in [6, 6.07) is 13.6. The van der Waals surface area contributed by atoms with Crippen molar-refractivity contribution in [1.29, 1.82) is 0 Å². The van der Waals surface area contributed by atoms with E-state index in [4.69, 9.17) is 10.5 Å². The molecule has 0 saturated carbocycles. The third-order valence-electron chi connectivity index (χ3n) is 4.30. The highest BCUT2D eigenvalue weighted by molar-refractivity contribution is 6.00. The molecule has 2 aromatic carbocycles. The number of hydrogen-bond donors (Lipinski definition) is 1. The number of carbonyl (C=O) groups is 1. The van der Waals surface area contributed by atoms with E-state index in [1.807, 2.05) is 35.2 Å². The van der Waals surface area contributed by atoms with Crippen molar-refractivity contribution in [3.63, 3.8) is 0 Å². The van der Waals surface area contributed by atoms with E-state index < -0.39 is 6.10 Å². The number of anilines is 2. The summed E-state index contributed by atoms with van der Waals surface area (Å²) in [5.41, 5.74) is 9.62. The SMILES string of the molecule is Cc1ccccc1CC1Oc2ccc(N)cc2N(CC(C)C)C1=O. The van der Waals surface area contributed by atoms with Gasteiger partial charge in [0.1, 0.15) is 5.75 Å². The van der Waals surface area contributed by atoms with Crippen LogP contribution < -0.4 is 15.4 Å². The van der Waals surface area contributed by atoms with Crippen molar-refractivity contribution in [3.05, 3.63) is 53.6 Å². The highest BCUT2D eigenvalue weighted by Crippen LogP contribution is 2.37. The van der Waals surface area contributed by atoms with Crippen LogP contribution in [0.3, 0.4) is 0 Å². The zero-order valence-electron chi connectivity index (χ0n) is 14.5. The fourth-order valence-corrected chi connectivity index (χ4v) is 3.06. The van der Waals surface area contributed by atoms with Crippen LogP contribution >= 0.6 is 0 Å². The van der Waals surface area contributed by atoms with Crippen LogP contribution in [0, 0.1) is 12.8 Å². The van der Waals surface area contributed by atoms with Gasteiger partial charge in [-0.3, -0.25) is 4.79 Å². The van der Waals surface area contributed by atoms with Crippen LogP contribution in [0.25, 0.3) is 0 Å². The lowest BCUT2D eigenvalue weighted by Crippen LogP contribution is -2.48. The van der Waals surface area contributed by atoms with Gasteiger partial charge in [0.05, 0.1) is 5.69 Å². The highest BCUT2D eigenvalue weighted by atomic mass is 16.5. The number of aryl methyl sites for hydroxylation is 1. The van der Waals surface area contributed by atoms with E-state index in [0.717, 1.165) is 17.0 Å². The van der Waals surface area contributed by atoms with E-state index in [1.54, 1.807) is 0 Å². The minimum absolute atomic E-state index is 0.00468. The molecule has 0 aliphatic carbocycles. The highest BCUT2D eigenvalue weighted by Gasteiger charge is 2.35. The van der Waals surface area contributed by atoms with Crippen molar-refractivity contribution >= 4 is 17.3 Å². The van der Waals surface area contributed by atoms with Gasteiger partial charge in [0.15, 0.2) is 6.10 Å². The van der Waals surface area contributed by atoms with Crippen molar-refractivity contribution in [3.8, 4) is 5.75 Å². The quantitative estimate of drug-likeness (QED) is 0.875. The van der Waals surface area contributed by atoms with Crippen LogP contribution in [0.2, 0.25) is 0 Å². The Morgan fingerprint density at radius 2 is 1.96 bits per heavy atom. The van der Waals surface area contributed by atoms with Crippen molar-refractivity contribution in [2.75, 3.05) is 17.2 Å². The lowest BCUT2D eigenvalue weighted by molar-refractivity contribution is -0.126. The molecule has 1 aliphatic rings. The van der Waals surface area contributed by atoms with Gasteiger partial charge in [0.2, 0.25) is 0 Å². The van der Waals surface area contributed by atoms with Crippen molar-refractivity contribution < 1.29 is 9.53 Å². The van der Waals surface area contributed by atoms with E-state index in [2.05, 4.69) is 32.9 Å². The molecule has 0 aromatic heterocycles. The summed E-state index contributed by atoms with van der Waals surface area (Å²) in [7, 11) is 0. The minimum Gasteiger partial charge on any atom is -0.478 e. The maximum Gasteiger partial charge on any atom is 0.268 e. The molecule has 126 valence electrons. The fourth-order valence-electron chi connectivity index (χ4n) is 3.06. The van der Waals surface area contributed by atoms with E-state index in [1.165, 1.54) is 5.56 Å². The molecule has 2 N–H and O–H groups in total. The minimum atomic E-state index is -0.499. The van der Waals surface area contributed by atoms with Gasteiger partial charge in [-0.15, -0.1) is 0 Å². The smallest absolute Gasteiger partial charge is 0.268 e. The maximum absolute atomic E-state index is 13.0. The summed E-state index contributed by atoms with van der Waals surface area (Å²) in [4.78, 5) is 14.8. The average molecular weight is 324 g/mol. The molecule has 1 atom stereocenters. The Morgan fingerprint density at radius 3 is 2.67 bits per heavy atom. The molecule has 0 saturated heterocycles. The van der Waals surface area contributed by atoms with E-state index >= 15 is 0 Å². The molecule has 4 heteroatoms. The Balaban J connectivity index is 1.94. The molecular weight excluding hydrogens is 300 g/mol. The number of hydrogen-bond acceptors (Lipinski definition) is 3. The Morgan fingerprint density at radius 1 is 1.21 bits per heavy atom. The van der Waals surface area contributed by atoms with Crippen LogP contribution in [0.5, 0.6) is 5.75 Å². The summed E-state index contributed by atoms with van der Waals surface area (Å²) < 4.78 is 6.02. The Labute approximate surface area is 143 Å². The molecule has 0 bridgehead atoms. The Kier molecular flexibility index (Phi) is 4.47. The number of nitrogens with two attached hydrogens (primary N) is 1. The van der Waals surface area contributed by atoms with Gasteiger partial charge >= 0.3 is 0 Å². The second kappa shape index (κ2) is 6.56.